The van der Waals surface area contributed by atoms with Crippen LogP contribution in [-0.4, -0.2) is 58.3 Å². The van der Waals surface area contributed by atoms with Gasteiger partial charge in [-0.2, -0.15) is 5.26 Å². The van der Waals surface area contributed by atoms with E-state index in [-0.39, 0.29) is 5.78 Å². The largest absolute Gasteiger partial charge is 0.288 e. The predicted octanol–water partition coefficient (Wildman–Crippen LogP) is 7.64. The number of hydrogen-bond acceptors (Lipinski definition) is 3. The standard InChI is InChI=1S/C28H51N4PS/c1-30(2)28(23-29)33(34,31(24-15-7-3-8-16-24)25-17-9-4-10-18-25)32(26-19-11-5-12-20-26)27-21-13-6-14-22-27/h24-28H,3-22H2,1-2H3. The van der Waals surface area contributed by atoms with E-state index in [1.807, 2.05) is 0 Å². The highest BCUT2D eigenvalue weighted by atomic mass is 32.4. The Morgan fingerprint density at radius 3 is 1.06 bits per heavy atom. The molecule has 0 N–H and O–H groups in total. The fraction of sp³-hybridized carbons (Fsp3) is 0.964. The Morgan fingerprint density at radius 2 is 0.853 bits per heavy atom. The van der Waals surface area contributed by atoms with E-state index in [4.69, 9.17) is 11.8 Å². The lowest BCUT2D eigenvalue weighted by Gasteiger charge is -2.58. The van der Waals surface area contributed by atoms with E-state index in [0.29, 0.717) is 24.2 Å². The maximum atomic E-state index is 10.7. The first kappa shape index (κ1) is 27.1. The van der Waals surface area contributed by atoms with Crippen LogP contribution in [0.2, 0.25) is 0 Å². The molecule has 0 aromatic carbocycles. The summed E-state index contributed by atoms with van der Waals surface area (Å²) in [6.45, 7) is 0. The van der Waals surface area contributed by atoms with Gasteiger partial charge in [0.25, 0.3) is 0 Å². The second-order valence-electron chi connectivity index (χ2n) is 12.0. The van der Waals surface area contributed by atoms with Gasteiger partial charge in [0.1, 0.15) is 6.34 Å². The molecule has 4 rings (SSSR count). The summed E-state index contributed by atoms with van der Waals surface area (Å²) < 4.78 is 5.91. The minimum Gasteiger partial charge on any atom is -0.288 e. The molecule has 6 heteroatoms. The Balaban J connectivity index is 1.83. The lowest BCUT2D eigenvalue weighted by atomic mass is 9.90. The lowest BCUT2D eigenvalue weighted by molar-refractivity contribution is 0.125. The second-order valence-corrected chi connectivity index (χ2v) is 16.2. The Hall–Kier alpha value is 0.0200. The maximum absolute atomic E-state index is 10.7. The summed E-state index contributed by atoms with van der Waals surface area (Å²) >= 11 is 7.16. The highest BCUT2D eigenvalue weighted by Gasteiger charge is 2.51. The van der Waals surface area contributed by atoms with E-state index in [2.05, 4.69) is 34.4 Å². The van der Waals surface area contributed by atoms with E-state index < -0.39 is 6.34 Å². The van der Waals surface area contributed by atoms with Gasteiger partial charge < -0.3 is 0 Å². The molecular formula is C28H51N4PS. The molecule has 0 heterocycles. The molecule has 1 unspecified atom stereocenters. The van der Waals surface area contributed by atoms with Crippen LogP contribution in [0, 0.1) is 11.3 Å². The van der Waals surface area contributed by atoms with Crippen LogP contribution >= 0.6 is 6.34 Å². The van der Waals surface area contributed by atoms with Gasteiger partial charge in [0.15, 0.2) is 5.78 Å². The van der Waals surface area contributed by atoms with Gasteiger partial charge in [-0.15, -0.1) is 0 Å². The van der Waals surface area contributed by atoms with E-state index >= 15 is 0 Å². The summed E-state index contributed by atoms with van der Waals surface area (Å²) in [5.74, 6) is -0.171. The summed E-state index contributed by atoms with van der Waals surface area (Å²) in [4.78, 5) is 2.22. The van der Waals surface area contributed by atoms with Gasteiger partial charge in [0.2, 0.25) is 0 Å². The Labute approximate surface area is 215 Å². The lowest BCUT2D eigenvalue weighted by Crippen LogP contribution is -2.55. The first-order chi connectivity index (χ1) is 16.6. The van der Waals surface area contributed by atoms with Gasteiger partial charge in [-0.25, -0.2) is 0 Å². The number of rotatable bonds is 8. The molecule has 0 radical (unpaired) electrons. The van der Waals surface area contributed by atoms with Crippen molar-refractivity contribution in [3.05, 3.63) is 0 Å². The number of hydrogen-bond donors (Lipinski definition) is 0. The predicted molar refractivity (Wildman–Crippen MR) is 149 cm³/mol. The SMILES string of the molecule is CN(C)C(C#N)P(=S)(N(C1CCCCC1)C1CCCCC1)N(C1CCCCC1)C1CCCCC1. The van der Waals surface area contributed by atoms with Crippen LogP contribution in [-0.2, 0) is 11.8 Å². The zero-order valence-electron chi connectivity index (χ0n) is 22.2. The van der Waals surface area contributed by atoms with Crippen molar-refractivity contribution in [1.82, 2.24) is 14.2 Å². The topological polar surface area (TPSA) is 33.5 Å². The third-order valence-corrected chi connectivity index (χ3v) is 15.0. The molecule has 0 bridgehead atoms. The smallest absolute Gasteiger partial charge is 0.152 e. The molecule has 0 saturated heterocycles. The van der Waals surface area contributed by atoms with Crippen molar-refractivity contribution in [2.45, 2.75) is 158 Å². The molecule has 4 fully saturated rings. The zero-order chi connectivity index (χ0) is 24.0. The van der Waals surface area contributed by atoms with Crippen LogP contribution in [0.4, 0.5) is 0 Å². The van der Waals surface area contributed by atoms with Gasteiger partial charge in [-0.05, 0) is 65.5 Å². The monoisotopic (exact) mass is 506 g/mol. The quantitative estimate of drug-likeness (QED) is 0.316. The second kappa shape index (κ2) is 13.0. The van der Waals surface area contributed by atoms with Crippen molar-refractivity contribution in [3.8, 4) is 6.07 Å². The van der Waals surface area contributed by atoms with Gasteiger partial charge in [-0.3, -0.25) is 14.2 Å². The van der Waals surface area contributed by atoms with Crippen LogP contribution < -0.4 is 0 Å². The van der Waals surface area contributed by atoms with Crippen molar-refractivity contribution in [1.29, 1.82) is 5.26 Å². The maximum Gasteiger partial charge on any atom is 0.152 e. The highest BCUT2D eigenvalue weighted by molar-refractivity contribution is 8.12. The minimum atomic E-state index is -2.32. The first-order valence-electron chi connectivity index (χ1n) is 14.8. The number of nitriles is 1. The Bertz CT molecular complexity index is 618. The molecule has 0 spiro atoms. The van der Waals surface area contributed by atoms with Gasteiger partial charge in [0.05, 0.1) is 6.07 Å². The molecule has 0 aromatic rings. The van der Waals surface area contributed by atoms with E-state index in [1.165, 1.54) is 128 Å². The van der Waals surface area contributed by atoms with Crippen LogP contribution in [0.5, 0.6) is 0 Å². The first-order valence-corrected chi connectivity index (χ1v) is 17.6. The van der Waals surface area contributed by atoms with Crippen molar-refractivity contribution in [2.24, 2.45) is 0 Å². The van der Waals surface area contributed by atoms with Crippen LogP contribution in [0.25, 0.3) is 0 Å². The fourth-order valence-electron chi connectivity index (χ4n) is 7.78. The third kappa shape index (κ3) is 5.94. The molecule has 4 saturated carbocycles. The zero-order valence-corrected chi connectivity index (χ0v) is 23.9. The van der Waals surface area contributed by atoms with Crippen LogP contribution in [0.1, 0.15) is 128 Å². The molecule has 0 aliphatic heterocycles. The summed E-state index contributed by atoms with van der Waals surface area (Å²) in [5, 5.41) is 10.7. The van der Waals surface area contributed by atoms with Crippen molar-refractivity contribution in [2.75, 3.05) is 14.1 Å². The van der Waals surface area contributed by atoms with Gasteiger partial charge in [-0.1, -0.05) is 88.9 Å². The highest BCUT2D eigenvalue weighted by Crippen LogP contribution is 2.65. The molecule has 0 aromatic heterocycles. The summed E-state index contributed by atoms with van der Waals surface area (Å²) in [6, 6.07) is 5.21. The molecule has 34 heavy (non-hydrogen) atoms. The molecule has 1 atom stereocenters. The van der Waals surface area contributed by atoms with E-state index in [9.17, 15) is 5.26 Å². The normalized spacial score (nSPS) is 26.2. The molecule has 4 aliphatic carbocycles. The Morgan fingerprint density at radius 1 is 0.588 bits per heavy atom. The summed E-state index contributed by atoms with van der Waals surface area (Å²) in [6.07, 6.45) is 24.3. The fourth-order valence-corrected chi connectivity index (χ4v) is 14.4. The summed E-state index contributed by atoms with van der Waals surface area (Å²) in [7, 11) is 4.27. The average molecular weight is 507 g/mol. The summed E-state index contributed by atoms with van der Waals surface area (Å²) in [5.41, 5.74) is 0. The molecule has 0 amide bonds. The van der Waals surface area contributed by atoms with Crippen LogP contribution in [0.3, 0.4) is 0 Å². The Kier molecular flexibility index (Phi) is 10.4. The molecule has 4 aliphatic rings. The molecular weight excluding hydrogens is 455 g/mol. The average Bonchev–Trinajstić information content (AvgIpc) is 2.87. The van der Waals surface area contributed by atoms with Crippen molar-refractivity contribution >= 4 is 18.1 Å². The van der Waals surface area contributed by atoms with Crippen molar-refractivity contribution in [3.63, 3.8) is 0 Å². The van der Waals surface area contributed by atoms with Crippen molar-refractivity contribution < 1.29 is 0 Å². The number of nitrogens with zero attached hydrogens (tertiary/aromatic N) is 4. The molecule has 4 nitrogen and oxygen atoms in total. The minimum absolute atomic E-state index is 0.171. The van der Waals surface area contributed by atoms with E-state index in [0.717, 1.165) is 0 Å². The van der Waals surface area contributed by atoms with Gasteiger partial charge in [0, 0.05) is 24.2 Å². The van der Waals surface area contributed by atoms with Crippen LogP contribution in [0.15, 0.2) is 0 Å². The third-order valence-electron chi connectivity index (χ3n) is 9.38. The molecule has 194 valence electrons. The van der Waals surface area contributed by atoms with Gasteiger partial charge >= 0.3 is 0 Å². The van der Waals surface area contributed by atoms with E-state index in [1.54, 1.807) is 0 Å².